The Bertz CT molecular complexity index is 1110. The van der Waals surface area contributed by atoms with Gasteiger partial charge < -0.3 is 4.74 Å². The molecule has 0 radical (unpaired) electrons. The molecule has 3 nitrogen and oxygen atoms in total. The van der Waals surface area contributed by atoms with Gasteiger partial charge in [0.2, 0.25) is 5.88 Å². The Morgan fingerprint density at radius 2 is 1.79 bits per heavy atom. The summed E-state index contributed by atoms with van der Waals surface area (Å²) >= 11 is 1.94. The predicted octanol–water partition coefficient (Wildman–Crippen LogP) is 6.24. The summed E-state index contributed by atoms with van der Waals surface area (Å²) in [6, 6.07) is 11.2. The molecule has 0 atom stereocenters. The second kappa shape index (κ2) is 8.32. The van der Waals surface area contributed by atoms with Crippen LogP contribution in [0.25, 0.3) is 0 Å². The van der Waals surface area contributed by atoms with Gasteiger partial charge in [0.05, 0.1) is 5.56 Å². The maximum atomic E-state index is 14.1. The minimum atomic E-state index is -4.69. The lowest BCUT2D eigenvalue weighted by molar-refractivity contribution is -0.141. The van der Waals surface area contributed by atoms with Crippen molar-refractivity contribution in [2.75, 3.05) is 0 Å². The van der Waals surface area contributed by atoms with Crippen LogP contribution in [0.3, 0.4) is 0 Å². The molecule has 9 heteroatoms. The number of alkyl halides is 3. The van der Waals surface area contributed by atoms with Crippen molar-refractivity contribution < 1.29 is 26.7 Å². The Labute approximate surface area is 175 Å². The van der Waals surface area contributed by atoms with Gasteiger partial charge in [0.1, 0.15) is 29.1 Å². The van der Waals surface area contributed by atoms with Crippen molar-refractivity contribution >= 4 is 22.6 Å². The van der Waals surface area contributed by atoms with Crippen LogP contribution in [0.5, 0.6) is 11.6 Å². The SMILES string of the molecule is N#Cc1c(Cc2ccc(I)cc2F)cc(F)cc1Oc1cccc(C(F)(F)F)n1. The molecule has 3 rings (SSSR count). The highest BCUT2D eigenvalue weighted by Crippen LogP contribution is 2.32. The first kappa shape index (κ1) is 21.0. The van der Waals surface area contributed by atoms with E-state index >= 15 is 0 Å². The number of ether oxygens (including phenoxy) is 1. The average Bonchev–Trinajstić information content (AvgIpc) is 2.63. The maximum absolute atomic E-state index is 14.1. The molecule has 0 saturated carbocycles. The molecule has 0 bridgehead atoms. The number of halogens is 6. The second-order valence-corrected chi connectivity index (χ2v) is 7.17. The standard InChI is InChI=1S/C20H10F5IN2O/c21-13-7-12(6-11-4-5-14(26)9-16(11)22)15(10-27)17(8-13)29-19-3-1-2-18(28-19)20(23,24)25/h1-5,7-9H,6H2. The molecular formula is C20H10F5IN2O. The molecule has 148 valence electrons. The third-order valence-electron chi connectivity index (χ3n) is 3.88. The van der Waals surface area contributed by atoms with E-state index in [0.29, 0.717) is 3.57 Å². The summed E-state index contributed by atoms with van der Waals surface area (Å²) in [5.41, 5.74) is -0.945. The molecule has 0 spiro atoms. The lowest BCUT2D eigenvalue weighted by atomic mass is 9.99. The van der Waals surface area contributed by atoms with Crippen LogP contribution in [-0.2, 0) is 12.6 Å². The number of nitrogens with zero attached hydrogens (tertiary/aromatic N) is 2. The third-order valence-corrected chi connectivity index (χ3v) is 4.56. The van der Waals surface area contributed by atoms with E-state index in [0.717, 1.165) is 30.3 Å². The fourth-order valence-corrected chi connectivity index (χ4v) is 3.05. The normalized spacial score (nSPS) is 11.2. The first-order valence-electron chi connectivity index (χ1n) is 8.06. The van der Waals surface area contributed by atoms with Gasteiger partial charge in [-0.2, -0.15) is 18.4 Å². The van der Waals surface area contributed by atoms with Crippen LogP contribution in [0.2, 0.25) is 0 Å². The van der Waals surface area contributed by atoms with Crippen molar-refractivity contribution in [3.63, 3.8) is 0 Å². The van der Waals surface area contributed by atoms with E-state index in [1.807, 2.05) is 28.7 Å². The van der Waals surface area contributed by atoms with Crippen LogP contribution in [0.15, 0.2) is 48.5 Å². The number of hydrogen-bond acceptors (Lipinski definition) is 3. The first-order valence-corrected chi connectivity index (χ1v) is 9.14. The maximum Gasteiger partial charge on any atom is 0.433 e. The van der Waals surface area contributed by atoms with E-state index < -0.39 is 29.4 Å². The highest BCUT2D eigenvalue weighted by molar-refractivity contribution is 14.1. The van der Waals surface area contributed by atoms with Crippen molar-refractivity contribution in [1.82, 2.24) is 4.98 Å². The van der Waals surface area contributed by atoms with Crippen LogP contribution in [0.1, 0.15) is 22.4 Å². The largest absolute Gasteiger partial charge is 0.438 e. The lowest BCUT2D eigenvalue weighted by Gasteiger charge is -2.13. The van der Waals surface area contributed by atoms with E-state index in [9.17, 15) is 27.2 Å². The zero-order valence-corrected chi connectivity index (χ0v) is 16.6. The molecule has 29 heavy (non-hydrogen) atoms. The van der Waals surface area contributed by atoms with E-state index in [4.69, 9.17) is 4.74 Å². The monoisotopic (exact) mass is 516 g/mol. The number of hydrogen-bond donors (Lipinski definition) is 0. The summed E-state index contributed by atoms with van der Waals surface area (Å²) in [5, 5.41) is 9.50. The predicted molar refractivity (Wildman–Crippen MR) is 102 cm³/mol. The third kappa shape index (κ3) is 5.00. The molecule has 0 unspecified atom stereocenters. The molecule has 0 aliphatic rings. The average molecular weight is 516 g/mol. The van der Waals surface area contributed by atoms with Gasteiger partial charge in [-0.3, -0.25) is 0 Å². The molecule has 0 amide bonds. The minimum Gasteiger partial charge on any atom is -0.438 e. The van der Waals surface area contributed by atoms with Gasteiger partial charge in [0.25, 0.3) is 0 Å². The number of benzene rings is 2. The van der Waals surface area contributed by atoms with Gasteiger partial charge in [-0.1, -0.05) is 12.1 Å². The molecule has 0 fully saturated rings. The van der Waals surface area contributed by atoms with E-state index in [2.05, 4.69) is 4.98 Å². The number of aromatic nitrogens is 1. The Morgan fingerprint density at radius 1 is 1.03 bits per heavy atom. The zero-order chi connectivity index (χ0) is 21.2. The molecule has 1 aromatic heterocycles. The van der Waals surface area contributed by atoms with Crippen molar-refractivity contribution in [3.8, 4) is 17.7 Å². The highest BCUT2D eigenvalue weighted by Gasteiger charge is 2.32. The fraction of sp³-hybridized carbons (Fsp3) is 0.100. The fourth-order valence-electron chi connectivity index (χ4n) is 2.60. The molecule has 1 heterocycles. The quantitative estimate of drug-likeness (QED) is 0.305. The van der Waals surface area contributed by atoms with Crippen LogP contribution in [0.4, 0.5) is 22.0 Å². The summed E-state index contributed by atoms with van der Waals surface area (Å²) in [6.07, 6.45) is -4.79. The van der Waals surface area contributed by atoms with E-state index in [1.54, 1.807) is 6.07 Å². The molecule has 0 N–H and O–H groups in total. The Kier molecular flexibility index (Phi) is 6.02. The summed E-state index contributed by atoms with van der Waals surface area (Å²) in [4.78, 5) is 3.34. The van der Waals surface area contributed by atoms with Gasteiger partial charge in [0, 0.05) is 22.1 Å². The number of rotatable bonds is 4. The summed E-state index contributed by atoms with van der Waals surface area (Å²) in [6.45, 7) is 0. The molecule has 0 saturated heterocycles. The van der Waals surface area contributed by atoms with Gasteiger partial charge in [0.15, 0.2) is 0 Å². The first-order chi connectivity index (χ1) is 13.7. The minimum absolute atomic E-state index is 0.101. The van der Waals surface area contributed by atoms with Crippen LogP contribution >= 0.6 is 22.6 Å². The molecule has 0 aliphatic heterocycles. The van der Waals surface area contributed by atoms with Crippen molar-refractivity contribution in [2.24, 2.45) is 0 Å². The second-order valence-electron chi connectivity index (χ2n) is 5.92. The summed E-state index contributed by atoms with van der Waals surface area (Å²) in [7, 11) is 0. The molecular weight excluding hydrogens is 506 g/mol. The smallest absolute Gasteiger partial charge is 0.433 e. The Morgan fingerprint density at radius 3 is 2.45 bits per heavy atom. The van der Waals surface area contributed by atoms with Crippen LogP contribution in [0, 0.1) is 26.5 Å². The van der Waals surface area contributed by atoms with Crippen molar-refractivity contribution in [3.05, 3.63) is 86.1 Å². The van der Waals surface area contributed by atoms with Gasteiger partial charge in [-0.15, -0.1) is 0 Å². The summed E-state index contributed by atoms with van der Waals surface area (Å²) < 4.78 is 72.7. The van der Waals surface area contributed by atoms with Crippen molar-refractivity contribution in [1.29, 1.82) is 5.26 Å². The topological polar surface area (TPSA) is 45.9 Å². The Balaban J connectivity index is 2.00. The van der Waals surface area contributed by atoms with Crippen LogP contribution in [-0.4, -0.2) is 4.98 Å². The number of nitriles is 1. The Hall–Kier alpha value is -2.74. The lowest BCUT2D eigenvalue weighted by Crippen LogP contribution is -2.08. The van der Waals surface area contributed by atoms with Gasteiger partial charge in [-0.05, 0) is 58.0 Å². The van der Waals surface area contributed by atoms with Gasteiger partial charge >= 0.3 is 6.18 Å². The van der Waals surface area contributed by atoms with Crippen molar-refractivity contribution in [2.45, 2.75) is 12.6 Å². The molecule has 0 aliphatic carbocycles. The zero-order valence-electron chi connectivity index (χ0n) is 14.4. The highest BCUT2D eigenvalue weighted by atomic mass is 127. The van der Waals surface area contributed by atoms with E-state index in [-0.39, 0.29) is 28.9 Å². The van der Waals surface area contributed by atoms with Gasteiger partial charge in [-0.25, -0.2) is 13.8 Å². The molecule has 3 aromatic rings. The number of pyridine rings is 1. The molecule has 2 aromatic carbocycles. The summed E-state index contributed by atoms with van der Waals surface area (Å²) in [5.74, 6) is -2.06. The van der Waals surface area contributed by atoms with E-state index in [1.165, 1.54) is 12.1 Å². The van der Waals surface area contributed by atoms with Crippen LogP contribution < -0.4 is 4.74 Å².